The molecule has 3 N–H and O–H groups in total. The lowest BCUT2D eigenvalue weighted by Crippen LogP contribution is -2.38. The first-order valence-corrected chi connectivity index (χ1v) is 11.7. The molecule has 3 rings (SSSR count). The first-order valence-electron chi connectivity index (χ1n) is 9.88. The summed E-state index contributed by atoms with van der Waals surface area (Å²) >= 11 is 0. The Morgan fingerprint density at radius 1 is 1.13 bits per heavy atom. The molecule has 2 aromatic carbocycles. The van der Waals surface area contributed by atoms with Gasteiger partial charge in [-0.15, -0.1) is 0 Å². The Balaban J connectivity index is 1.64. The zero-order valence-corrected chi connectivity index (χ0v) is 18.4. The molecule has 2 aromatic rings. The van der Waals surface area contributed by atoms with Crippen LogP contribution in [0.2, 0.25) is 0 Å². The van der Waals surface area contributed by atoms with Crippen LogP contribution in [0.3, 0.4) is 0 Å². The lowest BCUT2D eigenvalue weighted by atomic mass is 10.0. The number of methoxy groups -OCH3 is 1. The van der Waals surface area contributed by atoms with E-state index in [2.05, 4.69) is 0 Å². The summed E-state index contributed by atoms with van der Waals surface area (Å²) in [6.07, 6.45) is 1.91. The molecule has 0 amide bonds. The fraction of sp³-hybridized carbons (Fsp3) is 0.364. The summed E-state index contributed by atoms with van der Waals surface area (Å²) < 4.78 is 36.3. The molecule has 0 spiro atoms. The maximum atomic E-state index is 12.2. The van der Waals surface area contributed by atoms with Gasteiger partial charge < -0.3 is 15.2 Å². The Kier molecular flexibility index (Phi) is 6.97. The van der Waals surface area contributed by atoms with Gasteiger partial charge in [-0.1, -0.05) is 36.4 Å². The molecule has 1 fully saturated rings. The first kappa shape index (κ1) is 22.8. The van der Waals surface area contributed by atoms with Crippen molar-refractivity contribution in [1.82, 2.24) is 4.31 Å². The number of amidine groups is 1. The van der Waals surface area contributed by atoms with Crippen molar-refractivity contribution in [2.45, 2.75) is 18.9 Å². The standard InChI is InChI=1S/C22H27N3O5S/c1-29-21(26)12-15-11-19(25(13-15)31(2,27)28)14-30-20-9-7-17(8-10-20)16-3-5-18(6-4-16)22(23)24/h3-10,15,19H,11-14H2,1-2H3,(H3,23,24)/t15-,19-/m0/s1. The number of nitrogens with zero attached hydrogens (tertiary/aromatic N) is 1. The van der Waals surface area contributed by atoms with E-state index in [1.807, 2.05) is 36.4 Å². The molecule has 0 unspecified atom stereocenters. The monoisotopic (exact) mass is 445 g/mol. The van der Waals surface area contributed by atoms with E-state index in [0.717, 1.165) is 11.1 Å². The smallest absolute Gasteiger partial charge is 0.305 e. The SMILES string of the molecule is COC(=O)C[C@@H]1C[C@@H](COc2ccc(-c3ccc(C(=N)N)cc3)cc2)N(S(C)(=O)=O)C1. The topological polar surface area (TPSA) is 123 Å². The lowest BCUT2D eigenvalue weighted by molar-refractivity contribution is -0.141. The van der Waals surface area contributed by atoms with Crippen molar-refractivity contribution >= 4 is 21.8 Å². The van der Waals surface area contributed by atoms with Crippen molar-refractivity contribution in [1.29, 1.82) is 5.41 Å². The normalized spacial score (nSPS) is 19.2. The minimum atomic E-state index is -3.41. The molecule has 166 valence electrons. The molecule has 0 saturated carbocycles. The number of nitrogens with two attached hydrogens (primary N) is 1. The number of carbonyl (C=O) groups is 1. The molecule has 0 bridgehead atoms. The van der Waals surface area contributed by atoms with Crippen LogP contribution in [-0.2, 0) is 19.6 Å². The zero-order chi connectivity index (χ0) is 22.6. The molecule has 9 heteroatoms. The quantitative estimate of drug-likeness (QED) is 0.365. The van der Waals surface area contributed by atoms with Crippen LogP contribution in [0.1, 0.15) is 18.4 Å². The summed E-state index contributed by atoms with van der Waals surface area (Å²) in [5.74, 6) is 0.233. The molecular weight excluding hydrogens is 418 g/mol. The molecule has 0 radical (unpaired) electrons. The van der Waals surface area contributed by atoms with Gasteiger partial charge in [-0.2, -0.15) is 4.31 Å². The van der Waals surface area contributed by atoms with Gasteiger partial charge in [-0.25, -0.2) is 8.42 Å². The van der Waals surface area contributed by atoms with Gasteiger partial charge in [0.2, 0.25) is 10.0 Å². The summed E-state index contributed by atoms with van der Waals surface area (Å²) in [5.41, 5.74) is 8.13. The maximum Gasteiger partial charge on any atom is 0.305 e. The van der Waals surface area contributed by atoms with Crippen molar-refractivity contribution in [3.63, 3.8) is 0 Å². The molecule has 31 heavy (non-hydrogen) atoms. The Bertz CT molecular complexity index is 1040. The highest BCUT2D eigenvalue weighted by Crippen LogP contribution is 2.29. The Hall–Kier alpha value is -2.91. The van der Waals surface area contributed by atoms with E-state index in [1.165, 1.54) is 17.7 Å². The number of nitrogens with one attached hydrogen (secondary N) is 1. The molecule has 1 saturated heterocycles. The fourth-order valence-electron chi connectivity index (χ4n) is 3.78. The molecule has 0 aliphatic carbocycles. The lowest BCUT2D eigenvalue weighted by Gasteiger charge is -2.22. The van der Waals surface area contributed by atoms with Gasteiger partial charge in [0.05, 0.1) is 19.4 Å². The highest BCUT2D eigenvalue weighted by molar-refractivity contribution is 7.88. The van der Waals surface area contributed by atoms with E-state index in [1.54, 1.807) is 12.1 Å². The second kappa shape index (κ2) is 9.49. The van der Waals surface area contributed by atoms with E-state index < -0.39 is 10.0 Å². The van der Waals surface area contributed by atoms with Crippen molar-refractivity contribution in [2.75, 3.05) is 26.5 Å². The van der Waals surface area contributed by atoms with Gasteiger partial charge in [-0.3, -0.25) is 10.2 Å². The summed E-state index contributed by atoms with van der Waals surface area (Å²) in [4.78, 5) is 11.6. The summed E-state index contributed by atoms with van der Waals surface area (Å²) in [7, 11) is -2.08. The van der Waals surface area contributed by atoms with Crippen LogP contribution in [0, 0.1) is 11.3 Å². The molecule has 0 aromatic heterocycles. The highest BCUT2D eigenvalue weighted by atomic mass is 32.2. The van der Waals surface area contributed by atoms with Crippen molar-refractivity contribution < 1.29 is 22.7 Å². The second-order valence-electron chi connectivity index (χ2n) is 7.69. The van der Waals surface area contributed by atoms with E-state index in [-0.39, 0.29) is 43.3 Å². The second-order valence-corrected chi connectivity index (χ2v) is 9.63. The summed E-state index contributed by atoms with van der Waals surface area (Å²) in [5, 5.41) is 7.46. The number of nitrogen functional groups attached to an aromatic ring is 1. The van der Waals surface area contributed by atoms with Gasteiger partial charge in [0.15, 0.2) is 0 Å². The van der Waals surface area contributed by atoms with Crippen molar-refractivity contribution in [2.24, 2.45) is 11.7 Å². The van der Waals surface area contributed by atoms with Crippen LogP contribution in [0.25, 0.3) is 11.1 Å². The van der Waals surface area contributed by atoms with Crippen LogP contribution in [-0.4, -0.2) is 57.1 Å². The number of hydrogen-bond acceptors (Lipinski definition) is 6. The predicted molar refractivity (Wildman–Crippen MR) is 118 cm³/mol. The van der Waals surface area contributed by atoms with Crippen LogP contribution < -0.4 is 10.5 Å². The van der Waals surface area contributed by atoms with Crippen LogP contribution in [0.15, 0.2) is 48.5 Å². The molecular formula is C22H27N3O5S. The van der Waals surface area contributed by atoms with Gasteiger partial charge in [0.1, 0.15) is 18.2 Å². The Morgan fingerprint density at radius 3 is 2.23 bits per heavy atom. The molecule has 1 aliphatic heterocycles. The largest absolute Gasteiger partial charge is 0.492 e. The zero-order valence-electron chi connectivity index (χ0n) is 17.6. The van der Waals surface area contributed by atoms with Gasteiger partial charge in [-0.05, 0) is 35.6 Å². The number of ether oxygens (including phenoxy) is 2. The number of sulfonamides is 1. The molecule has 1 heterocycles. The van der Waals surface area contributed by atoms with E-state index in [9.17, 15) is 13.2 Å². The fourth-order valence-corrected chi connectivity index (χ4v) is 4.95. The number of rotatable bonds is 8. The average molecular weight is 446 g/mol. The van der Waals surface area contributed by atoms with Crippen LogP contribution >= 0.6 is 0 Å². The Morgan fingerprint density at radius 2 is 1.71 bits per heavy atom. The number of esters is 1. The van der Waals surface area contributed by atoms with Crippen molar-refractivity contribution in [3.8, 4) is 16.9 Å². The third-order valence-electron chi connectivity index (χ3n) is 5.39. The third-order valence-corrected chi connectivity index (χ3v) is 6.68. The Labute approximate surface area is 182 Å². The van der Waals surface area contributed by atoms with Crippen LogP contribution in [0.5, 0.6) is 5.75 Å². The third kappa shape index (κ3) is 5.83. The predicted octanol–water partition coefficient (Wildman–Crippen LogP) is 2.23. The minimum Gasteiger partial charge on any atom is -0.492 e. The van der Waals surface area contributed by atoms with Gasteiger partial charge in [0, 0.05) is 18.5 Å². The highest BCUT2D eigenvalue weighted by Gasteiger charge is 2.38. The first-order chi connectivity index (χ1) is 14.7. The maximum absolute atomic E-state index is 12.2. The molecule has 2 atom stereocenters. The summed E-state index contributed by atoms with van der Waals surface area (Å²) in [6.45, 7) is 0.495. The number of hydrogen-bond donors (Lipinski definition) is 2. The number of benzene rings is 2. The van der Waals surface area contributed by atoms with Crippen LogP contribution in [0.4, 0.5) is 0 Å². The van der Waals surface area contributed by atoms with E-state index >= 15 is 0 Å². The van der Waals surface area contributed by atoms with Gasteiger partial charge in [0.25, 0.3) is 0 Å². The summed E-state index contributed by atoms with van der Waals surface area (Å²) in [6, 6.07) is 14.6. The number of carbonyl (C=O) groups excluding carboxylic acids is 1. The molecule has 8 nitrogen and oxygen atoms in total. The van der Waals surface area contributed by atoms with Gasteiger partial charge >= 0.3 is 5.97 Å². The minimum absolute atomic E-state index is 0.0270. The van der Waals surface area contributed by atoms with Crippen molar-refractivity contribution in [3.05, 3.63) is 54.1 Å². The molecule has 1 aliphatic rings. The van der Waals surface area contributed by atoms with E-state index in [4.69, 9.17) is 20.6 Å². The van der Waals surface area contributed by atoms with E-state index in [0.29, 0.717) is 17.7 Å². The average Bonchev–Trinajstić information content (AvgIpc) is 3.15.